The van der Waals surface area contributed by atoms with Crippen LogP contribution >= 0.6 is 0 Å². The summed E-state index contributed by atoms with van der Waals surface area (Å²) in [6.45, 7) is 2.04. The van der Waals surface area contributed by atoms with Gasteiger partial charge in [0, 0.05) is 19.2 Å². The van der Waals surface area contributed by atoms with E-state index < -0.39 is 11.6 Å². The molecule has 1 fully saturated rings. The number of anilines is 2. The van der Waals surface area contributed by atoms with E-state index in [1.54, 1.807) is 7.05 Å². The Bertz CT molecular complexity index is 431. The summed E-state index contributed by atoms with van der Waals surface area (Å²) < 4.78 is 27.0. The van der Waals surface area contributed by atoms with Crippen LogP contribution in [0.4, 0.5) is 20.4 Å². The Labute approximate surface area is 112 Å². The van der Waals surface area contributed by atoms with Crippen molar-refractivity contribution in [3.05, 3.63) is 17.7 Å². The highest BCUT2D eigenvalue weighted by Crippen LogP contribution is 2.28. The zero-order valence-electron chi connectivity index (χ0n) is 11.5. The number of pyridine rings is 1. The average Bonchev–Trinajstić information content (AvgIpc) is 2.42. The molecule has 106 valence electrons. The number of hydrogen-bond donors (Lipinski definition) is 2. The Morgan fingerprint density at radius 1 is 1.16 bits per heavy atom. The minimum absolute atomic E-state index is 0.0692. The standard InChI is InChI=1S/C14H21F2N3/c1-9(10-6-4-3-5-7-10)18-14-12(16)8-11(15)13(17-2)19-14/h8-10H,3-7H2,1-2H3,(H2,17,18,19). The minimum atomic E-state index is -0.670. The number of aromatic nitrogens is 1. The van der Waals surface area contributed by atoms with E-state index in [1.165, 1.54) is 19.3 Å². The van der Waals surface area contributed by atoms with Gasteiger partial charge in [0.15, 0.2) is 23.3 Å². The molecular formula is C14H21F2N3. The molecule has 1 unspecified atom stereocenters. The normalized spacial score (nSPS) is 18.1. The van der Waals surface area contributed by atoms with Crippen LogP contribution in [0.3, 0.4) is 0 Å². The summed E-state index contributed by atoms with van der Waals surface area (Å²) >= 11 is 0. The summed E-state index contributed by atoms with van der Waals surface area (Å²) in [6.07, 6.45) is 6.08. The molecule has 5 heteroatoms. The first-order valence-electron chi connectivity index (χ1n) is 6.92. The molecule has 1 aliphatic rings. The van der Waals surface area contributed by atoms with Gasteiger partial charge in [0.25, 0.3) is 0 Å². The van der Waals surface area contributed by atoms with Gasteiger partial charge >= 0.3 is 0 Å². The molecule has 0 spiro atoms. The second-order valence-electron chi connectivity index (χ2n) is 5.23. The molecule has 1 heterocycles. The van der Waals surface area contributed by atoms with Gasteiger partial charge in [0.1, 0.15) is 0 Å². The molecule has 2 N–H and O–H groups in total. The van der Waals surface area contributed by atoms with Gasteiger partial charge in [-0.15, -0.1) is 0 Å². The third-order valence-electron chi connectivity index (χ3n) is 3.89. The predicted octanol–water partition coefficient (Wildman–Crippen LogP) is 3.78. The highest BCUT2D eigenvalue weighted by Gasteiger charge is 2.21. The van der Waals surface area contributed by atoms with Crippen molar-refractivity contribution in [3.63, 3.8) is 0 Å². The molecule has 1 saturated carbocycles. The highest BCUT2D eigenvalue weighted by atomic mass is 19.1. The number of hydrogen-bond acceptors (Lipinski definition) is 3. The van der Waals surface area contributed by atoms with Gasteiger partial charge in [0.2, 0.25) is 0 Å². The third kappa shape index (κ3) is 3.33. The van der Waals surface area contributed by atoms with Crippen LogP contribution in [0.1, 0.15) is 39.0 Å². The third-order valence-corrected chi connectivity index (χ3v) is 3.89. The van der Waals surface area contributed by atoms with Gasteiger partial charge in [-0.3, -0.25) is 0 Å². The largest absolute Gasteiger partial charge is 0.371 e. The first-order chi connectivity index (χ1) is 9.11. The zero-order chi connectivity index (χ0) is 13.8. The molecule has 1 aromatic rings. The number of rotatable bonds is 4. The molecule has 2 rings (SSSR count). The van der Waals surface area contributed by atoms with Crippen molar-refractivity contribution in [1.29, 1.82) is 0 Å². The van der Waals surface area contributed by atoms with Crippen molar-refractivity contribution in [2.45, 2.75) is 45.1 Å². The molecule has 1 aliphatic carbocycles. The maximum atomic E-state index is 13.7. The van der Waals surface area contributed by atoms with Crippen LogP contribution < -0.4 is 10.6 Å². The van der Waals surface area contributed by atoms with Crippen LogP contribution in [0.25, 0.3) is 0 Å². The summed E-state index contributed by atoms with van der Waals surface area (Å²) in [7, 11) is 1.57. The van der Waals surface area contributed by atoms with Crippen molar-refractivity contribution in [2.24, 2.45) is 5.92 Å². The molecule has 0 aromatic carbocycles. The smallest absolute Gasteiger partial charge is 0.168 e. The second kappa shape index (κ2) is 6.17. The van der Waals surface area contributed by atoms with Crippen LogP contribution in [0, 0.1) is 17.6 Å². The Kier molecular flexibility index (Phi) is 4.56. The molecule has 0 radical (unpaired) electrons. The van der Waals surface area contributed by atoms with Crippen LogP contribution in [-0.4, -0.2) is 18.1 Å². The Hall–Kier alpha value is -1.39. The molecular weight excluding hydrogens is 248 g/mol. The summed E-state index contributed by atoms with van der Waals surface area (Å²) in [5, 5.41) is 5.71. The molecule has 0 amide bonds. The highest BCUT2D eigenvalue weighted by molar-refractivity contribution is 5.47. The maximum Gasteiger partial charge on any atom is 0.168 e. The Balaban J connectivity index is 2.09. The number of nitrogens with one attached hydrogen (secondary N) is 2. The van der Waals surface area contributed by atoms with E-state index in [1.807, 2.05) is 6.92 Å². The maximum absolute atomic E-state index is 13.7. The molecule has 3 nitrogen and oxygen atoms in total. The van der Waals surface area contributed by atoms with Crippen molar-refractivity contribution >= 4 is 11.6 Å². The molecule has 1 aromatic heterocycles. The Morgan fingerprint density at radius 2 is 1.79 bits per heavy atom. The van der Waals surface area contributed by atoms with E-state index in [4.69, 9.17) is 0 Å². The van der Waals surface area contributed by atoms with Gasteiger partial charge in [-0.25, -0.2) is 13.8 Å². The van der Waals surface area contributed by atoms with Crippen molar-refractivity contribution in [2.75, 3.05) is 17.7 Å². The fourth-order valence-electron chi connectivity index (χ4n) is 2.71. The van der Waals surface area contributed by atoms with E-state index in [0.717, 1.165) is 18.9 Å². The summed E-state index contributed by atoms with van der Waals surface area (Å²) in [4.78, 5) is 3.95. The molecule has 0 bridgehead atoms. The van der Waals surface area contributed by atoms with Gasteiger partial charge in [0.05, 0.1) is 0 Å². The van der Waals surface area contributed by atoms with Crippen LogP contribution in [-0.2, 0) is 0 Å². The van der Waals surface area contributed by atoms with Gasteiger partial charge < -0.3 is 10.6 Å². The molecule has 1 atom stereocenters. The summed E-state index contributed by atoms with van der Waals surface area (Å²) in [5.41, 5.74) is 0. The minimum Gasteiger partial charge on any atom is -0.371 e. The van der Waals surface area contributed by atoms with E-state index in [9.17, 15) is 8.78 Å². The van der Waals surface area contributed by atoms with Crippen LogP contribution in [0.2, 0.25) is 0 Å². The van der Waals surface area contributed by atoms with E-state index in [2.05, 4.69) is 15.6 Å². The lowest BCUT2D eigenvalue weighted by Gasteiger charge is -2.28. The molecule has 0 saturated heterocycles. The SMILES string of the molecule is CNc1nc(NC(C)C2CCCCC2)c(F)cc1F. The van der Waals surface area contributed by atoms with E-state index >= 15 is 0 Å². The van der Waals surface area contributed by atoms with Crippen LogP contribution in [0.15, 0.2) is 6.07 Å². The lowest BCUT2D eigenvalue weighted by molar-refractivity contribution is 0.327. The number of halogens is 2. The molecule has 0 aliphatic heterocycles. The van der Waals surface area contributed by atoms with E-state index in [-0.39, 0.29) is 17.7 Å². The predicted molar refractivity (Wildman–Crippen MR) is 73.4 cm³/mol. The fraction of sp³-hybridized carbons (Fsp3) is 0.643. The van der Waals surface area contributed by atoms with Crippen LogP contribution in [0.5, 0.6) is 0 Å². The topological polar surface area (TPSA) is 37.0 Å². The van der Waals surface area contributed by atoms with Gasteiger partial charge in [-0.2, -0.15) is 0 Å². The van der Waals surface area contributed by atoms with Gasteiger partial charge in [-0.05, 0) is 25.7 Å². The van der Waals surface area contributed by atoms with Gasteiger partial charge in [-0.1, -0.05) is 19.3 Å². The first-order valence-corrected chi connectivity index (χ1v) is 6.92. The van der Waals surface area contributed by atoms with E-state index in [0.29, 0.717) is 5.92 Å². The average molecular weight is 269 g/mol. The summed E-state index contributed by atoms with van der Waals surface area (Å²) in [6, 6.07) is 1.02. The monoisotopic (exact) mass is 269 g/mol. The number of nitrogens with zero attached hydrogens (tertiary/aromatic N) is 1. The van der Waals surface area contributed by atoms with Crippen molar-refractivity contribution < 1.29 is 8.78 Å². The van der Waals surface area contributed by atoms with Crippen molar-refractivity contribution in [3.8, 4) is 0 Å². The summed E-state index contributed by atoms with van der Waals surface area (Å²) in [5.74, 6) is -0.573. The zero-order valence-corrected chi connectivity index (χ0v) is 11.5. The fourth-order valence-corrected chi connectivity index (χ4v) is 2.71. The lowest BCUT2D eigenvalue weighted by Crippen LogP contribution is -2.28. The first kappa shape index (κ1) is 14.0. The Morgan fingerprint density at radius 3 is 2.42 bits per heavy atom. The quantitative estimate of drug-likeness (QED) is 0.873. The van der Waals surface area contributed by atoms with Crippen molar-refractivity contribution in [1.82, 2.24) is 4.98 Å². The lowest BCUT2D eigenvalue weighted by atomic mass is 9.84. The second-order valence-corrected chi connectivity index (χ2v) is 5.23. The molecule has 19 heavy (non-hydrogen) atoms.